The van der Waals surface area contributed by atoms with Crippen LogP contribution in [0.2, 0.25) is 0 Å². The molecule has 8 rings (SSSR count). The van der Waals surface area contributed by atoms with Gasteiger partial charge in [-0.25, -0.2) is 4.98 Å². The first kappa shape index (κ1) is 33.2. The number of benzene rings is 5. The molecule has 3 heterocycles. The summed E-state index contributed by atoms with van der Waals surface area (Å²) in [6, 6.07) is 45.9. The topological polar surface area (TPSA) is 37.1 Å². The van der Waals surface area contributed by atoms with E-state index in [1.165, 1.54) is 27.6 Å². The predicted octanol–water partition coefficient (Wildman–Crippen LogP) is 11.3. The second kappa shape index (κ2) is 13.5. The molecule has 7 aromatic rings. The summed E-state index contributed by atoms with van der Waals surface area (Å²) in [4.78, 5) is 11.7. The fourth-order valence-electron chi connectivity index (χ4n) is 6.82. The number of fused-ring (bicyclic) bond motifs is 4. The molecule has 0 bridgehead atoms. The van der Waals surface area contributed by atoms with Gasteiger partial charge in [-0.3, -0.25) is 0 Å². The number of nitrogens with zero attached hydrogens (tertiary/aromatic N) is 4. The number of hydroxylamine groups is 1. The molecule has 1 N–H and O–H groups in total. The summed E-state index contributed by atoms with van der Waals surface area (Å²) in [7, 11) is 1.97. The predicted molar refractivity (Wildman–Crippen MR) is 199 cm³/mol. The Morgan fingerprint density at radius 3 is 2.16 bits per heavy atom. The summed E-state index contributed by atoms with van der Waals surface area (Å²) in [6.07, 6.45) is 1.95. The zero-order valence-electron chi connectivity index (χ0n) is 28.1. The molecule has 1 aliphatic heterocycles. The molecule has 0 spiro atoms. The van der Waals surface area contributed by atoms with E-state index in [1.54, 1.807) is 11.8 Å². The largest absolute Gasteiger partial charge is 0.319 e. The summed E-state index contributed by atoms with van der Waals surface area (Å²) in [6.45, 7) is 9.10. The molecule has 1 aliphatic rings. The molecule has 0 aliphatic carbocycles. The van der Waals surface area contributed by atoms with Crippen LogP contribution in [0.15, 0.2) is 125 Å². The summed E-state index contributed by atoms with van der Waals surface area (Å²) >= 11 is 1.65. The summed E-state index contributed by atoms with van der Waals surface area (Å²) in [5.41, 5.74) is 10.4. The molecule has 7 heteroatoms. The third-order valence-corrected chi connectivity index (χ3v) is 9.99. The van der Waals surface area contributed by atoms with Gasteiger partial charge in [0.1, 0.15) is 17.2 Å². The van der Waals surface area contributed by atoms with Crippen molar-refractivity contribution in [1.29, 1.82) is 0 Å². The van der Waals surface area contributed by atoms with Crippen LogP contribution in [0.3, 0.4) is 0 Å². The van der Waals surface area contributed by atoms with Crippen molar-refractivity contribution in [2.24, 2.45) is 0 Å². The molecule has 5 nitrogen and oxygen atoms in total. The second-order valence-corrected chi connectivity index (χ2v) is 14.0. The molecule has 49 heavy (non-hydrogen) atoms. The molecule has 0 unspecified atom stereocenters. The molecule has 2 aromatic heterocycles. The molecule has 0 saturated carbocycles. The Hall–Kier alpha value is -4.35. The van der Waals surface area contributed by atoms with Gasteiger partial charge in [-0.2, -0.15) is 29.2 Å². The van der Waals surface area contributed by atoms with Crippen molar-refractivity contribution in [3.8, 4) is 16.9 Å². The monoisotopic (exact) mass is 840 g/mol. The SMILES string of the molecule is CC(C)c1cccc(C(C)C)c1-c1ccnc(-n2c3[c-]c(Sc4[c-]c(N5[OH+]N(C)c6ccccc65)ccc4)ccc3c3ccccc32)c1.[Pt]. The summed E-state index contributed by atoms with van der Waals surface area (Å²) in [5.74, 6) is 1.69. The summed E-state index contributed by atoms with van der Waals surface area (Å²) in [5, 5.41) is 6.19. The maximum Gasteiger partial charge on any atom is 0.145 e. The van der Waals surface area contributed by atoms with Gasteiger partial charge in [0.15, 0.2) is 0 Å². The second-order valence-electron chi connectivity index (χ2n) is 12.9. The van der Waals surface area contributed by atoms with E-state index in [-0.39, 0.29) is 21.1 Å². The Morgan fingerprint density at radius 1 is 0.694 bits per heavy atom. The van der Waals surface area contributed by atoms with Gasteiger partial charge in [-0.05, 0) is 69.8 Å². The quantitative estimate of drug-likeness (QED) is 0.118. The minimum atomic E-state index is 0. The Balaban J connectivity index is 0.00000378. The number of para-hydroxylation sites is 3. The molecule has 0 fully saturated rings. The fraction of sp³-hybridized carbons (Fsp3) is 0.167. The van der Waals surface area contributed by atoms with Crippen molar-refractivity contribution < 1.29 is 26.0 Å². The number of pyridine rings is 1. The van der Waals surface area contributed by atoms with Crippen LogP contribution < -0.4 is 10.1 Å². The Kier molecular flexibility index (Phi) is 9.14. The van der Waals surface area contributed by atoms with Crippen molar-refractivity contribution in [1.82, 2.24) is 9.55 Å². The number of rotatable bonds is 7. The maximum absolute atomic E-state index is 4.96. The van der Waals surface area contributed by atoms with Crippen LogP contribution in [0.4, 0.5) is 17.1 Å². The Bertz CT molecular complexity index is 2290. The minimum absolute atomic E-state index is 0. The molecule has 0 amide bonds. The first-order valence-electron chi connectivity index (χ1n) is 16.5. The number of aromatic nitrogens is 2. The van der Waals surface area contributed by atoms with Crippen LogP contribution in [0, 0.1) is 12.1 Å². The molecule has 0 atom stereocenters. The fourth-order valence-corrected chi connectivity index (χ4v) is 7.64. The van der Waals surface area contributed by atoms with E-state index in [2.05, 4.69) is 141 Å². The summed E-state index contributed by atoms with van der Waals surface area (Å²) < 4.78 is 2.27. The van der Waals surface area contributed by atoms with E-state index in [9.17, 15) is 0 Å². The van der Waals surface area contributed by atoms with Crippen molar-refractivity contribution in [3.63, 3.8) is 0 Å². The molecule has 248 valence electrons. The minimum Gasteiger partial charge on any atom is -0.319 e. The third kappa shape index (κ3) is 5.97. The third-order valence-electron chi connectivity index (χ3n) is 9.08. The molecule has 5 aromatic carbocycles. The Labute approximate surface area is 306 Å². The van der Waals surface area contributed by atoms with Crippen molar-refractivity contribution in [3.05, 3.63) is 139 Å². The van der Waals surface area contributed by atoms with Gasteiger partial charge < -0.3 is 4.57 Å². The standard InChI is InChI=1S/C42H36N4OS.Pt/c1-27(2)33-15-11-16-34(28(3)4)42(33)29-22-23-43-41(24-29)45-37-17-7-6-14-35(37)36-21-20-32(26-40(36)45)48-31-13-10-12-30(25-31)46-39-19-9-8-18-38(39)44(5)47-46;/h6-24,27-28H,1-5H3;/q-2;/p+1. The van der Waals surface area contributed by atoms with Gasteiger partial charge in [0.05, 0.1) is 7.05 Å². The van der Waals surface area contributed by atoms with E-state index in [4.69, 9.17) is 9.92 Å². The van der Waals surface area contributed by atoms with Crippen molar-refractivity contribution in [2.75, 3.05) is 17.2 Å². The Morgan fingerprint density at radius 2 is 1.39 bits per heavy atom. The van der Waals surface area contributed by atoms with Crippen molar-refractivity contribution in [2.45, 2.75) is 49.3 Å². The number of hydrogen-bond acceptors (Lipinski definition) is 4. The van der Waals surface area contributed by atoms with E-state index >= 15 is 0 Å². The van der Waals surface area contributed by atoms with Crippen LogP contribution in [-0.4, -0.2) is 21.5 Å². The average molecular weight is 841 g/mol. The molecule has 0 saturated heterocycles. The van der Waals surface area contributed by atoms with Crippen molar-refractivity contribution >= 4 is 50.6 Å². The zero-order valence-corrected chi connectivity index (χ0v) is 31.2. The van der Waals surface area contributed by atoms with E-state index in [0.717, 1.165) is 49.1 Å². The molecule has 0 radical (unpaired) electrons. The van der Waals surface area contributed by atoms with E-state index < -0.39 is 0 Å². The first-order chi connectivity index (χ1) is 23.4. The van der Waals surface area contributed by atoms with Crippen LogP contribution in [0.1, 0.15) is 50.7 Å². The van der Waals surface area contributed by atoms with Gasteiger partial charge in [-0.1, -0.05) is 81.7 Å². The van der Waals surface area contributed by atoms with Gasteiger partial charge in [0.25, 0.3) is 0 Å². The van der Waals surface area contributed by atoms with Crippen LogP contribution in [0.25, 0.3) is 38.8 Å². The number of hydrogen-bond donors (Lipinski definition) is 0. The van der Waals surface area contributed by atoms with Crippen LogP contribution >= 0.6 is 11.8 Å². The van der Waals surface area contributed by atoms with Crippen LogP contribution in [-0.2, 0) is 21.1 Å². The zero-order chi connectivity index (χ0) is 32.9. The molecular weight excluding hydrogens is 804 g/mol. The van der Waals surface area contributed by atoms with Gasteiger partial charge in [0.2, 0.25) is 0 Å². The average Bonchev–Trinajstić information content (AvgIpc) is 3.62. The van der Waals surface area contributed by atoms with Gasteiger partial charge in [-0.15, -0.1) is 55.3 Å². The molecular formula is C42H37N4OPtS-. The van der Waals surface area contributed by atoms with Gasteiger partial charge >= 0.3 is 0 Å². The van der Waals surface area contributed by atoms with E-state index in [1.807, 2.05) is 35.5 Å². The normalized spacial score (nSPS) is 12.7. The smallest absolute Gasteiger partial charge is 0.145 e. The van der Waals surface area contributed by atoms with E-state index in [0.29, 0.717) is 11.8 Å². The first-order valence-corrected chi connectivity index (χ1v) is 17.3. The van der Waals surface area contributed by atoms with Crippen LogP contribution in [0.5, 0.6) is 0 Å². The van der Waals surface area contributed by atoms with Gasteiger partial charge in [0, 0.05) is 38.5 Å². The number of anilines is 3. The maximum atomic E-state index is 4.96.